The smallest absolute Gasteiger partial charge is 0.379 e. The lowest BCUT2D eigenvalue weighted by atomic mass is 9.88. The Morgan fingerprint density at radius 2 is 2.22 bits per heavy atom. The van der Waals surface area contributed by atoms with Crippen LogP contribution in [0.4, 0.5) is 4.39 Å². The van der Waals surface area contributed by atoms with Crippen LogP contribution in [0.5, 0.6) is 0 Å². The molecule has 0 aliphatic carbocycles. The molecule has 0 spiro atoms. The molecule has 1 saturated heterocycles. The maximum absolute atomic E-state index is 12.0. The number of hydrogen-bond donors (Lipinski definition) is 1. The molecule has 2 radical (unpaired) electrons. The van der Waals surface area contributed by atoms with Crippen molar-refractivity contribution in [1.82, 2.24) is 0 Å². The highest BCUT2D eigenvalue weighted by molar-refractivity contribution is 7.47. The molecule has 9 heteroatoms. The van der Waals surface area contributed by atoms with E-state index in [4.69, 9.17) is 26.7 Å². The lowest BCUT2D eigenvalue weighted by Crippen LogP contribution is -2.30. The zero-order chi connectivity index (χ0) is 13.8. The predicted octanol–water partition coefficient (Wildman–Crippen LogP) is 0.634. The van der Waals surface area contributed by atoms with Crippen molar-refractivity contribution < 1.29 is 32.4 Å². The fourth-order valence-electron chi connectivity index (χ4n) is 1.75. The molecule has 0 bridgehead atoms. The molecule has 1 aliphatic heterocycles. The molecule has 6 nitrogen and oxygen atoms in total. The van der Waals surface area contributed by atoms with Crippen molar-refractivity contribution in [2.45, 2.75) is 25.1 Å². The maximum atomic E-state index is 12.0. The third kappa shape index (κ3) is 4.29. The van der Waals surface area contributed by atoms with E-state index in [1.54, 1.807) is 6.92 Å². The first-order valence-corrected chi connectivity index (χ1v) is 7.02. The second-order valence-electron chi connectivity index (χ2n) is 3.97. The third-order valence-electron chi connectivity index (χ3n) is 2.78. The van der Waals surface area contributed by atoms with Crippen LogP contribution in [-0.2, 0) is 23.1 Å². The van der Waals surface area contributed by atoms with Crippen LogP contribution in [0.2, 0.25) is 0 Å². The minimum atomic E-state index is -4.03. The number of phosphoric acid groups is 1. The molecule has 1 rings (SSSR count). The van der Waals surface area contributed by atoms with Gasteiger partial charge in [-0.15, -0.1) is 0 Å². The normalized spacial score (nSPS) is 35.6. The van der Waals surface area contributed by atoms with E-state index < -0.39 is 32.7 Å². The van der Waals surface area contributed by atoms with E-state index in [9.17, 15) is 8.96 Å². The van der Waals surface area contributed by atoms with Gasteiger partial charge in [-0.05, 0) is 0 Å². The second kappa shape index (κ2) is 6.98. The second-order valence-corrected chi connectivity index (χ2v) is 5.53. The van der Waals surface area contributed by atoms with Crippen molar-refractivity contribution in [3.05, 3.63) is 0 Å². The van der Waals surface area contributed by atoms with Gasteiger partial charge in [-0.2, -0.15) is 0 Å². The molecule has 5 atom stereocenters. The Hall–Kier alpha value is 0.0249. The van der Waals surface area contributed by atoms with E-state index in [-0.39, 0.29) is 19.1 Å². The highest BCUT2D eigenvalue weighted by atomic mass is 31.2. The lowest BCUT2D eigenvalue weighted by Gasteiger charge is -2.20. The zero-order valence-corrected chi connectivity index (χ0v) is 11.2. The van der Waals surface area contributed by atoms with E-state index in [1.807, 2.05) is 0 Å². The van der Waals surface area contributed by atoms with Crippen molar-refractivity contribution >= 4 is 15.7 Å². The van der Waals surface area contributed by atoms with Crippen molar-refractivity contribution in [2.75, 3.05) is 27.0 Å². The Morgan fingerprint density at radius 3 is 2.78 bits per heavy atom. The van der Waals surface area contributed by atoms with Gasteiger partial charge >= 0.3 is 7.82 Å². The summed E-state index contributed by atoms with van der Waals surface area (Å²) in [5, 5.41) is 0. The lowest BCUT2D eigenvalue weighted by molar-refractivity contribution is 0.00214. The molecule has 1 N–H and O–H groups in total. The van der Waals surface area contributed by atoms with Gasteiger partial charge in [-0.1, -0.05) is 6.92 Å². The van der Waals surface area contributed by atoms with Crippen LogP contribution in [-0.4, -0.2) is 57.9 Å². The van der Waals surface area contributed by atoms with Gasteiger partial charge in [0, 0.05) is 19.0 Å². The first kappa shape index (κ1) is 16.1. The number of ether oxygens (including phenoxy) is 2. The van der Waals surface area contributed by atoms with E-state index in [2.05, 4.69) is 4.52 Å². The Bertz CT molecular complexity index is 307. The van der Waals surface area contributed by atoms with Gasteiger partial charge in [0.2, 0.25) is 0 Å². The Morgan fingerprint density at radius 1 is 1.56 bits per heavy atom. The molecule has 0 aromatic rings. The van der Waals surface area contributed by atoms with Crippen molar-refractivity contribution in [3.8, 4) is 0 Å². The first-order chi connectivity index (χ1) is 8.41. The fourth-order valence-corrected chi connectivity index (χ4v) is 2.19. The van der Waals surface area contributed by atoms with Crippen molar-refractivity contribution in [1.29, 1.82) is 0 Å². The Balaban J connectivity index is 2.47. The molecule has 0 saturated carbocycles. The number of hydrogen-bond acceptors (Lipinski definition) is 5. The largest absolute Gasteiger partial charge is 0.472 e. The average Bonchev–Trinajstić information content (AvgIpc) is 2.60. The van der Waals surface area contributed by atoms with E-state index >= 15 is 0 Å². The molecule has 0 aromatic carbocycles. The Labute approximate surface area is 107 Å². The summed E-state index contributed by atoms with van der Waals surface area (Å²) in [6.07, 6.45) is -0.963. The third-order valence-corrected chi connectivity index (χ3v) is 3.72. The fraction of sp³-hybridized carbons (Fsp3) is 1.00. The van der Waals surface area contributed by atoms with E-state index in [0.29, 0.717) is 0 Å². The van der Waals surface area contributed by atoms with E-state index in [0.717, 1.165) is 7.11 Å². The average molecular weight is 282 g/mol. The van der Waals surface area contributed by atoms with Gasteiger partial charge in [-0.3, -0.25) is 9.05 Å². The van der Waals surface area contributed by atoms with Crippen molar-refractivity contribution in [2.24, 2.45) is 5.92 Å². The minimum Gasteiger partial charge on any atom is -0.379 e. The monoisotopic (exact) mass is 282 g/mol. The van der Waals surface area contributed by atoms with Gasteiger partial charge in [0.1, 0.15) is 14.5 Å². The summed E-state index contributed by atoms with van der Waals surface area (Å²) in [4.78, 5) is 9.09. The van der Waals surface area contributed by atoms with E-state index in [1.165, 1.54) is 0 Å². The molecular formula is C9H17BFO6P. The summed E-state index contributed by atoms with van der Waals surface area (Å²) < 4.78 is 42.7. The molecule has 1 heterocycles. The van der Waals surface area contributed by atoms with Crippen LogP contribution in [0.3, 0.4) is 0 Å². The van der Waals surface area contributed by atoms with Gasteiger partial charge in [0.05, 0.1) is 25.4 Å². The summed E-state index contributed by atoms with van der Waals surface area (Å²) in [6.45, 7) is 0.980. The van der Waals surface area contributed by atoms with Crippen LogP contribution < -0.4 is 0 Å². The summed E-state index contributed by atoms with van der Waals surface area (Å²) in [5.41, 5.74) is 0. The molecule has 0 amide bonds. The quantitative estimate of drug-likeness (QED) is 0.545. The van der Waals surface area contributed by atoms with Crippen LogP contribution in [0.25, 0.3) is 0 Å². The molecule has 18 heavy (non-hydrogen) atoms. The Kier molecular flexibility index (Phi) is 6.24. The van der Waals surface area contributed by atoms with Gasteiger partial charge in [0.15, 0.2) is 0 Å². The number of phosphoric ester groups is 1. The molecular weight excluding hydrogens is 265 g/mol. The first-order valence-electron chi connectivity index (χ1n) is 5.53. The van der Waals surface area contributed by atoms with Crippen LogP contribution in [0, 0.1) is 5.92 Å². The number of rotatable bonds is 7. The van der Waals surface area contributed by atoms with Crippen LogP contribution >= 0.6 is 7.82 Å². The highest BCUT2D eigenvalue weighted by Gasteiger charge is 2.40. The van der Waals surface area contributed by atoms with Crippen LogP contribution in [0.15, 0.2) is 0 Å². The van der Waals surface area contributed by atoms with Gasteiger partial charge in [-0.25, -0.2) is 8.96 Å². The number of halogens is 1. The highest BCUT2D eigenvalue weighted by Crippen LogP contribution is 2.43. The van der Waals surface area contributed by atoms with Crippen LogP contribution in [0.1, 0.15) is 6.92 Å². The maximum Gasteiger partial charge on any atom is 0.472 e. The topological polar surface area (TPSA) is 74.2 Å². The minimum absolute atomic E-state index is 0.0593. The summed E-state index contributed by atoms with van der Waals surface area (Å²) in [5.74, 6) is -0.177. The molecule has 0 aromatic heterocycles. The molecule has 104 valence electrons. The van der Waals surface area contributed by atoms with Crippen molar-refractivity contribution in [3.63, 3.8) is 0 Å². The van der Waals surface area contributed by atoms with Gasteiger partial charge < -0.3 is 14.4 Å². The zero-order valence-electron chi connectivity index (χ0n) is 10.3. The molecule has 1 fully saturated rings. The molecule has 1 aliphatic rings. The predicted molar refractivity (Wildman–Crippen MR) is 62.1 cm³/mol. The van der Waals surface area contributed by atoms with Gasteiger partial charge in [0.25, 0.3) is 0 Å². The standard InChI is InChI=1S/C9H17BFO6P/c1-6-7(5-16-18(12,13)14-2)17-9(10)8(6)15-4-3-11/h6-9H,3-5H2,1-2H3,(H,12,13). The summed E-state index contributed by atoms with van der Waals surface area (Å²) in [7, 11) is 2.72. The number of alkyl halides is 1. The summed E-state index contributed by atoms with van der Waals surface area (Å²) in [6, 6.07) is -0.708. The SMILES string of the molecule is [B]C1OC(COP(=O)(O)OC)C(C)C1OCCF. The molecule has 5 unspecified atom stereocenters. The summed E-state index contributed by atoms with van der Waals surface area (Å²) >= 11 is 0.